The monoisotopic (exact) mass is 236 g/mol. The highest BCUT2D eigenvalue weighted by Crippen LogP contribution is 2.44. The SMILES string of the molecule is N#CC1(CNCc2ccc3ccccc3c2)CC1. The Morgan fingerprint density at radius 3 is 2.61 bits per heavy atom. The molecular weight excluding hydrogens is 220 g/mol. The third-order valence-electron chi connectivity index (χ3n) is 3.70. The standard InChI is InChI=1S/C16H16N2/c17-11-16(7-8-16)12-18-10-13-5-6-14-3-1-2-4-15(14)9-13/h1-6,9,18H,7-8,10,12H2. The fraction of sp³-hybridized carbons (Fsp3) is 0.312. The second-order valence-electron chi connectivity index (χ2n) is 5.18. The van der Waals surface area contributed by atoms with E-state index >= 15 is 0 Å². The molecule has 1 fully saturated rings. The van der Waals surface area contributed by atoms with Gasteiger partial charge in [-0.25, -0.2) is 0 Å². The van der Waals surface area contributed by atoms with Crippen LogP contribution >= 0.6 is 0 Å². The van der Waals surface area contributed by atoms with Gasteiger partial charge in [0.05, 0.1) is 11.5 Å². The van der Waals surface area contributed by atoms with E-state index in [1.807, 2.05) is 0 Å². The summed E-state index contributed by atoms with van der Waals surface area (Å²) in [6.45, 7) is 1.66. The lowest BCUT2D eigenvalue weighted by molar-refractivity contribution is 0.558. The van der Waals surface area contributed by atoms with Gasteiger partial charge in [0, 0.05) is 13.1 Å². The third kappa shape index (κ3) is 2.23. The molecule has 2 heteroatoms. The molecular formula is C16H16N2. The molecule has 0 amide bonds. The molecule has 1 aliphatic rings. The molecule has 0 atom stereocenters. The summed E-state index contributed by atoms with van der Waals surface area (Å²) in [7, 11) is 0. The Bertz CT molecular complexity index is 606. The smallest absolute Gasteiger partial charge is 0.0703 e. The highest BCUT2D eigenvalue weighted by molar-refractivity contribution is 5.82. The largest absolute Gasteiger partial charge is 0.311 e. The van der Waals surface area contributed by atoms with Gasteiger partial charge in [-0.15, -0.1) is 0 Å². The number of nitriles is 1. The molecule has 0 radical (unpaired) electrons. The zero-order valence-electron chi connectivity index (χ0n) is 10.3. The highest BCUT2D eigenvalue weighted by Gasteiger charge is 2.42. The van der Waals surface area contributed by atoms with E-state index in [9.17, 15) is 0 Å². The number of fused-ring (bicyclic) bond motifs is 1. The summed E-state index contributed by atoms with van der Waals surface area (Å²) in [5.74, 6) is 0. The zero-order chi connectivity index (χ0) is 12.4. The Morgan fingerprint density at radius 2 is 1.89 bits per heavy atom. The molecule has 90 valence electrons. The molecule has 1 saturated carbocycles. The molecule has 0 aliphatic heterocycles. The topological polar surface area (TPSA) is 35.8 Å². The number of hydrogen-bond donors (Lipinski definition) is 1. The molecule has 0 spiro atoms. The van der Waals surface area contributed by atoms with E-state index in [0.29, 0.717) is 0 Å². The molecule has 1 aliphatic carbocycles. The first kappa shape index (κ1) is 11.3. The van der Waals surface area contributed by atoms with Crippen LogP contribution in [0.5, 0.6) is 0 Å². The summed E-state index contributed by atoms with van der Waals surface area (Å²) in [6.07, 6.45) is 2.10. The quantitative estimate of drug-likeness (QED) is 0.884. The maximum absolute atomic E-state index is 9.01. The van der Waals surface area contributed by atoms with Crippen molar-refractivity contribution in [2.24, 2.45) is 5.41 Å². The van der Waals surface area contributed by atoms with Crippen molar-refractivity contribution in [2.75, 3.05) is 6.54 Å². The molecule has 3 rings (SSSR count). The van der Waals surface area contributed by atoms with Crippen molar-refractivity contribution < 1.29 is 0 Å². The van der Waals surface area contributed by atoms with Crippen LogP contribution in [0.3, 0.4) is 0 Å². The molecule has 1 N–H and O–H groups in total. The number of benzene rings is 2. The summed E-state index contributed by atoms with van der Waals surface area (Å²) in [5, 5.41) is 15.0. The molecule has 0 unspecified atom stereocenters. The second-order valence-corrected chi connectivity index (χ2v) is 5.18. The molecule has 2 aromatic carbocycles. The lowest BCUT2D eigenvalue weighted by atomic mass is 10.1. The lowest BCUT2D eigenvalue weighted by Gasteiger charge is -2.08. The lowest BCUT2D eigenvalue weighted by Crippen LogP contribution is -2.22. The van der Waals surface area contributed by atoms with E-state index in [4.69, 9.17) is 5.26 Å². The molecule has 0 saturated heterocycles. The van der Waals surface area contributed by atoms with Gasteiger partial charge in [0.25, 0.3) is 0 Å². The van der Waals surface area contributed by atoms with Crippen LogP contribution in [0.25, 0.3) is 10.8 Å². The fourth-order valence-corrected chi connectivity index (χ4v) is 2.27. The van der Waals surface area contributed by atoms with Crippen molar-refractivity contribution in [3.8, 4) is 6.07 Å². The molecule has 18 heavy (non-hydrogen) atoms. The number of nitrogens with one attached hydrogen (secondary N) is 1. The Labute approximate surface area is 107 Å². The molecule has 2 nitrogen and oxygen atoms in total. The minimum atomic E-state index is -0.0587. The van der Waals surface area contributed by atoms with E-state index in [1.165, 1.54) is 16.3 Å². The first-order valence-corrected chi connectivity index (χ1v) is 6.41. The first-order valence-electron chi connectivity index (χ1n) is 6.41. The average molecular weight is 236 g/mol. The zero-order valence-corrected chi connectivity index (χ0v) is 10.3. The molecule has 2 aromatic rings. The van der Waals surface area contributed by atoms with E-state index < -0.39 is 0 Å². The summed E-state index contributed by atoms with van der Waals surface area (Å²) in [4.78, 5) is 0. The van der Waals surface area contributed by atoms with Crippen LogP contribution in [0, 0.1) is 16.7 Å². The van der Waals surface area contributed by atoms with Gasteiger partial charge in [0.1, 0.15) is 0 Å². The van der Waals surface area contributed by atoms with Crippen LogP contribution in [-0.4, -0.2) is 6.54 Å². The molecule has 0 heterocycles. The van der Waals surface area contributed by atoms with Gasteiger partial charge in [0.2, 0.25) is 0 Å². The normalized spacial score (nSPS) is 16.4. The first-order chi connectivity index (χ1) is 8.81. The van der Waals surface area contributed by atoms with Crippen molar-refractivity contribution in [3.63, 3.8) is 0 Å². The number of rotatable bonds is 4. The van der Waals surface area contributed by atoms with E-state index in [2.05, 4.69) is 53.9 Å². The summed E-state index contributed by atoms with van der Waals surface area (Å²) in [6, 6.07) is 17.3. The second kappa shape index (κ2) is 4.44. The summed E-state index contributed by atoms with van der Waals surface area (Å²) in [5.41, 5.74) is 1.22. The summed E-state index contributed by atoms with van der Waals surface area (Å²) >= 11 is 0. The van der Waals surface area contributed by atoms with Crippen molar-refractivity contribution in [3.05, 3.63) is 48.0 Å². The van der Waals surface area contributed by atoms with Gasteiger partial charge < -0.3 is 5.32 Å². The van der Waals surface area contributed by atoms with Gasteiger partial charge in [-0.3, -0.25) is 0 Å². The van der Waals surface area contributed by atoms with Gasteiger partial charge in [-0.1, -0.05) is 36.4 Å². The van der Waals surface area contributed by atoms with Crippen molar-refractivity contribution in [2.45, 2.75) is 19.4 Å². The van der Waals surface area contributed by atoms with Crippen molar-refractivity contribution in [1.82, 2.24) is 5.32 Å². The molecule has 0 aromatic heterocycles. The van der Waals surface area contributed by atoms with E-state index in [1.54, 1.807) is 0 Å². The van der Waals surface area contributed by atoms with Crippen LogP contribution in [0.2, 0.25) is 0 Å². The van der Waals surface area contributed by atoms with Crippen LogP contribution in [0.4, 0.5) is 0 Å². The van der Waals surface area contributed by atoms with Crippen LogP contribution < -0.4 is 5.32 Å². The third-order valence-corrected chi connectivity index (χ3v) is 3.70. The van der Waals surface area contributed by atoms with E-state index in [-0.39, 0.29) is 5.41 Å². The number of hydrogen-bond acceptors (Lipinski definition) is 2. The van der Waals surface area contributed by atoms with Gasteiger partial charge in [-0.05, 0) is 35.2 Å². The van der Waals surface area contributed by atoms with Crippen LogP contribution in [0.1, 0.15) is 18.4 Å². The Kier molecular flexibility index (Phi) is 2.77. The minimum absolute atomic E-state index is 0.0587. The van der Waals surface area contributed by atoms with Gasteiger partial charge in [-0.2, -0.15) is 5.26 Å². The van der Waals surface area contributed by atoms with Crippen LogP contribution in [0.15, 0.2) is 42.5 Å². The maximum atomic E-state index is 9.01. The number of nitrogens with zero attached hydrogens (tertiary/aromatic N) is 1. The predicted molar refractivity (Wildman–Crippen MR) is 72.9 cm³/mol. The van der Waals surface area contributed by atoms with Gasteiger partial charge in [0.15, 0.2) is 0 Å². The van der Waals surface area contributed by atoms with Crippen molar-refractivity contribution >= 4 is 10.8 Å². The van der Waals surface area contributed by atoms with Crippen molar-refractivity contribution in [1.29, 1.82) is 5.26 Å². The minimum Gasteiger partial charge on any atom is -0.311 e. The van der Waals surface area contributed by atoms with Crippen LogP contribution in [-0.2, 0) is 6.54 Å². The van der Waals surface area contributed by atoms with E-state index in [0.717, 1.165) is 25.9 Å². The van der Waals surface area contributed by atoms with Gasteiger partial charge >= 0.3 is 0 Å². The fourth-order valence-electron chi connectivity index (χ4n) is 2.27. The Morgan fingerprint density at radius 1 is 1.11 bits per heavy atom. The predicted octanol–water partition coefficient (Wildman–Crippen LogP) is 3.23. The average Bonchev–Trinajstić information content (AvgIpc) is 3.19. The maximum Gasteiger partial charge on any atom is 0.0703 e. The highest BCUT2D eigenvalue weighted by atomic mass is 14.9. The Hall–Kier alpha value is -1.85. The summed E-state index contributed by atoms with van der Waals surface area (Å²) < 4.78 is 0. The molecule has 0 bridgehead atoms. The Balaban J connectivity index is 1.66.